The summed E-state index contributed by atoms with van der Waals surface area (Å²) < 4.78 is 57.8. The van der Waals surface area contributed by atoms with E-state index in [1.165, 1.54) is 24.5 Å². The van der Waals surface area contributed by atoms with Crippen LogP contribution < -0.4 is 10.2 Å². The van der Waals surface area contributed by atoms with Crippen LogP contribution >= 0.6 is 23.2 Å². The second kappa shape index (κ2) is 12.0. The van der Waals surface area contributed by atoms with Crippen molar-refractivity contribution in [2.75, 3.05) is 23.4 Å². The number of pyridine rings is 1. The summed E-state index contributed by atoms with van der Waals surface area (Å²) in [6.07, 6.45) is -2.64. The van der Waals surface area contributed by atoms with Gasteiger partial charge in [-0.25, -0.2) is 14.3 Å². The smallest absolute Gasteiger partial charge is 0.401 e. The second-order valence-corrected chi connectivity index (χ2v) is 25.5. The van der Waals surface area contributed by atoms with Crippen LogP contribution in [0.2, 0.25) is 46.4 Å². The summed E-state index contributed by atoms with van der Waals surface area (Å²) in [7, 11) is -4.46. The molecule has 0 spiro atoms. The SMILES string of the molecule is CC(C)(C)[Si](C)(C)OCC(O[Si](C)(C)C(C)(C)C)c1ncc(NC(=O)N2C[C@@](C)(C(F)(F)F)c3c2cnc2cc(Cl)nn32)cc1Cl. The molecule has 0 bridgehead atoms. The fourth-order valence-corrected chi connectivity index (χ4v) is 7.35. The van der Waals surface area contributed by atoms with Gasteiger partial charge in [0.05, 0.1) is 46.8 Å². The molecular formula is C30H43Cl2F3N6O3Si2. The molecule has 3 aromatic heterocycles. The maximum Gasteiger partial charge on any atom is 0.401 e. The Morgan fingerprint density at radius 1 is 1.02 bits per heavy atom. The largest absolute Gasteiger partial charge is 0.414 e. The van der Waals surface area contributed by atoms with Gasteiger partial charge < -0.3 is 14.2 Å². The Morgan fingerprint density at radius 2 is 1.63 bits per heavy atom. The van der Waals surface area contributed by atoms with Crippen molar-refractivity contribution in [2.45, 2.75) is 102 Å². The molecule has 16 heteroatoms. The molecule has 2 amide bonds. The van der Waals surface area contributed by atoms with Gasteiger partial charge in [-0.2, -0.15) is 18.3 Å². The average molecular weight is 720 g/mol. The number of rotatable bonds is 7. The summed E-state index contributed by atoms with van der Waals surface area (Å²) in [5.74, 6) is 0. The van der Waals surface area contributed by atoms with Gasteiger partial charge in [0.1, 0.15) is 11.5 Å². The first-order valence-electron chi connectivity index (χ1n) is 15.0. The number of fused-ring (bicyclic) bond motifs is 3. The molecule has 2 atom stereocenters. The third kappa shape index (κ3) is 6.84. The van der Waals surface area contributed by atoms with E-state index < -0.39 is 46.9 Å². The zero-order valence-electron chi connectivity index (χ0n) is 28.2. The Bertz CT molecular complexity index is 1640. The number of carbonyl (C=O) groups is 1. The molecule has 3 aromatic rings. The summed E-state index contributed by atoms with van der Waals surface area (Å²) >= 11 is 12.8. The third-order valence-corrected chi connectivity index (χ3v) is 19.1. The summed E-state index contributed by atoms with van der Waals surface area (Å²) in [4.78, 5) is 23.3. The molecule has 254 valence electrons. The first-order chi connectivity index (χ1) is 20.8. The van der Waals surface area contributed by atoms with Gasteiger partial charge in [-0.15, -0.1) is 0 Å². The molecule has 1 N–H and O–H groups in total. The number of amides is 2. The zero-order chi connectivity index (χ0) is 34.8. The van der Waals surface area contributed by atoms with Gasteiger partial charge in [-0.3, -0.25) is 9.88 Å². The van der Waals surface area contributed by atoms with E-state index in [4.69, 9.17) is 32.1 Å². The maximum absolute atomic E-state index is 14.5. The number of hydrogen-bond donors (Lipinski definition) is 1. The highest BCUT2D eigenvalue weighted by atomic mass is 35.5. The molecule has 1 aliphatic heterocycles. The normalized spacial score (nSPS) is 18.7. The summed E-state index contributed by atoms with van der Waals surface area (Å²) in [6, 6.07) is 2.07. The van der Waals surface area contributed by atoms with Gasteiger partial charge in [0, 0.05) is 12.6 Å². The molecule has 0 radical (unpaired) electrons. The second-order valence-electron chi connectivity index (χ2n) is 15.1. The maximum atomic E-state index is 14.5. The monoisotopic (exact) mass is 718 g/mol. The van der Waals surface area contributed by atoms with Crippen LogP contribution in [0.4, 0.5) is 29.3 Å². The minimum atomic E-state index is -4.71. The number of urea groups is 1. The van der Waals surface area contributed by atoms with Crippen molar-refractivity contribution in [1.29, 1.82) is 0 Å². The lowest BCUT2D eigenvalue weighted by Crippen LogP contribution is -2.46. The van der Waals surface area contributed by atoms with E-state index >= 15 is 0 Å². The van der Waals surface area contributed by atoms with E-state index in [2.05, 4.69) is 88.1 Å². The van der Waals surface area contributed by atoms with Crippen LogP contribution in [-0.2, 0) is 14.3 Å². The molecule has 0 fully saturated rings. The first kappa shape index (κ1) is 36.6. The lowest BCUT2D eigenvalue weighted by Gasteiger charge is -2.41. The Labute approximate surface area is 280 Å². The number of halogens is 5. The Hall–Kier alpha value is -2.24. The summed E-state index contributed by atoms with van der Waals surface area (Å²) in [5.41, 5.74) is -1.90. The molecule has 46 heavy (non-hydrogen) atoms. The predicted octanol–water partition coefficient (Wildman–Crippen LogP) is 9.39. The Balaban J connectivity index is 1.65. The number of alkyl halides is 3. The number of nitrogens with zero attached hydrogens (tertiary/aromatic N) is 5. The van der Waals surface area contributed by atoms with Crippen LogP contribution in [0.3, 0.4) is 0 Å². The standard InChI is InChI=1S/C30H43Cl2F3N6O3Si2/c1-27(2,3)45(8,9)43-16-21(44-46(10,11)28(4,5)6)24-19(31)12-18(14-37-24)38-26(42)40-17-29(7,30(33,34)35)25-20(40)15-36-23-13-22(32)39-41(23)25/h12-15,21H,16-17H2,1-11H3,(H,38,42)/t21?,29-/m1/s1. The topological polar surface area (TPSA) is 93.9 Å². The third-order valence-electron chi connectivity index (χ3n) is 9.66. The lowest BCUT2D eigenvalue weighted by molar-refractivity contribution is -0.181. The van der Waals surface area contributed by atoms with Gasteiger partial charge in [0.25, 0.3) is 0 Å². The van der Waals surface area contributed by atoms with E-state index in [0.717, 1.165) is 16.3 Å². The summed E-state index contributed by atoms with van der Waals surface area (Å²) in [5, 5.41) is 6.76. The predicted molar refractivity (Wildman–Crippen MR) is 181 cm³/mol. The van der Waals surface area contributed by atoms with Crippen molar-refractivity contribution in [3.05, 3.63) is 46.1 Å². The van der Waals surface area contributed by atoms with Gasteiger partial charge in [-0.05, 0) is 49.3 Å². The minimum Gasteiger partial charge on any atom is -0.414 e. The zero-order valence-corrected chi connectivity index (χ0v) is 31.7. The molecule has 1 unspecified atom stereocenters. The number of aromatic nitrogens is 4. The highest BCUT2D eigenvalue weighted by Crippen LogP contribution is 2.50. The van der Waals surface area contributed by atoms with Gasteiger partial charge >= 0.3 is 12.2 Å². The van der Waals surface area contributed by atoms with E-state index in [1.54, 1.807) is 0 Å². The fraction of sp³-hybridized carbons (Fsp3) is 0.600. The highest BCUT2D eigenvalue weighted by Gasteiger charge is 2.60. The summed E-state index contributed by atoms with van der Waals surface area (Å²) in [6.45, 7) is 22.1. The van der Waals surface area contributed by atoms with E-state index in [1.807, 2.05) is 0 Å². The molecule has 1 aliphatic rings. The van der Waals surface area contributed by atoms with Crippen molar-refractivity contribution in [3.63, 3.8) is 0 Å². The van der Waals surface area contributed by atoms with Crippen LogP contribution in [0.25, 0.3) is 5.65 Å². The van der Waals surface area contributed by atoms with E-state index in [-0.39, 0.29) is 49.6 Å². The molecule has 4 heterocycles. The van der Waals surface area contributed by atoms with Crippen LogP contribution in [0.5, 0.6) is 0 Å². The first-order valence-corrected chi connectivity index (χ1v) is 21.5. The van der Waals surface area contributed by atoms with Crippen LogP contribution in [0, 0.1) is 0 Å². The molecule has 0 saturated heterocycles. The van der Waals surface area contributed by atoms with Crippen LogP contribution in [0.15, 0.2) is 24.5 Å². The molecule has 9 nitrogen and oxygen atoms in total. The Kier molecular flexibility index (Phi) is 9.57. The Morgan fingerprint density at radius 3 is 2.17 bits per heavy atom. The van der Waals surface area contributed by atoms with E-state index in [0.29, 0.717) is 5.69 Å². The number of anilines is 2. The van der Waals surface area contributed by atoms with Crippen LogP contribution in [-0.4, -0.2) is 61.6 Å². The molecule has 0 aliphatic carbocycles. The van der Waals surface area contributed by atoms with Crippen molar-refractivity contribution in [1.82, 2.24) is 19.6 Å². The molecule has 0 saturated carbocycles. The fourth-order valence-electron chi connectivity index (χ4n) is 4.64. The van der Waals surface area contributed by atoms with Crippen molar-refractivity contribution >= 4 is 62.9 Å². The van der Waals surface area contributed by atoms with E-state index in [9.17, 15) is 18.0 Å². The quantitative estimate of drug-likeness (QED) is 0.245. The highest BCUT2D eigenvalue weighted by molar-refractivity contribution is 6.74. The van der Waals surface area contributed by atoms with Gasteiger partial charge in [0.2, 0.25) is 0 Å². The number of carbonyl (C=O) groups excluding carboxylic acids is 1. The van der Waals surface area contributed by atoms with Crippen molar-refractivity contribution in [3.8, 4) is 0 Å². The van der Waals surface area contributed by atoms with Crippen molar-refractivity contribution in [2.24, 2.45) is 0 Å². The van der Waals surface area contributed by atoms with Crippen molar-refractivity contribution < 1.29 is 26.8 Å². The average Bonchev–Trinajstić information content (AvgIpc) is 3.42. The van der Waals surface area contributed by atoms with Gasteiger partial charge in [0.15, 0.2) is 27.4 Å². The molecule has 4 rings (SSSR count). The number of nitrogens with one attached hydrogen (secondary N) is 1. The number of hydrogen-bond acceptors (Lipinski definition) is 6. The van der Waals surface area contributed by atoms with Gasteiger partial charge in [-0.1, -0.05) is 64.7 Å². The van der Waals surface area contributed by atoms with Crippen LogP contribution in [0.1, 0.15) is 66.0 Å². The minimum absolute atomic E-state index is 0.0142. The lowest BCUT2D eigenvalue weighted by atomic mass is 9.88. The molecule has 0 aromatic carbocycles. The molecular weight excluding hydrogens is 676 g/mol.